The normalized spacial score (nSPS) is 9.71. The van der Waals surface area contributed by atoms with Crippen LogP contribution in [0.2, 0.25) is 0 Å². The summed E-state index contributed by atoms with van der Waals surface area (Å²) in [5.74, 6) is 0. The van der Waals surface area contributed by atoms with Crippen molar-refractivity contribution < 1.29 is 25.9 Å². The molecule has 0 heterocycles. The minimum Gasteiger partial charge on any atom is -0.419 e. The maximum absolute atomic E-state index is 9.54. The fourth-order valence-electron chi connectivity index (χ4n) is 0.0589. The Labute approximate surface area is 58.1 Å². The van der Waals surface area contributed by atoms with Gasteiger partial charge in [-0.2, -0.15) is 5.57 Å². The average molecular weight is 267 g/mol. The minimum absolute atomic E-state index is 0. The summed E-state index contributed by atoms with van der Waals surface area (Å²) in [5.41, 5.74) is 0.662. The van der Waals surface area contributed by atoms with E-state index >= 15 is 0 Å². The third kappa shape index (κ3) is 6.10. The first-order valence-corrected chi connectivity index (χ1v) is 1.82. The predicted octanol–water partition coefficient (Wildman–Crippen LogP) is 1.06. The molecule has 0 aromatic rings. The molecule has 38 valence electrons. The van der Waals surface area contributed by atoms with Gasteiger partial charge in [0.05, 0.1) is 0 Å². The molecule has 0 aliphatic heterocycles. The Morgan fingerprint density at radius 1 is 1.71 bits per heavy atom. The van der Waals surface area contributed by atoms with Crippen molar-refractivity contribution in [2.45, 2.75) is 13.8 Å². The first-order chi connectivity index (χ1) is 2.81. The molecule has 0 rings (SSSR count). The van der Waals surface area contributed by atoms with E-state index < -0.39 is 0 Å². The quantitative estimate of drug-likeness (QED) is 0.513. The molecule has 0 unspecified atom stereocenters. The standard InChI is InChI=1S/C5H7O.W/c1-3-5(2)4-6;/h3H,1-2H3;/q-1;+2/b5-3+;. The SMILES string of the molecule is C/C=C(\C)[C-]=O.[W+2]. The van der Waals surface area contributed by atoms with Crippen LogP contribution >= 0.6 is 0 Å². The van der Waals surface area contributed by atoms with Gasteiger partial charge in [-0.05, 0) is 6.29 Å². The van der Waals surface area contributed by atoms with Crippen molar-refractivity contribution in [3.8, 4) is 0 Å². The number of hydrogen-bond donors (Lipinski definition) is 0. The largest absolute Gasteiger partial charge is 2.00 e. The van der Waals surface area contributed by atoms with E-state index in [0.29, 0.717) is 5.57 Å². The molecule has 0 aromatic heterocycles. The van der Waals surface area contributed by atoms with Gasteiger partial charge in [0, 0.05) is 0 Å². The van der Waals surface area contributed by atoms with Crippen molar-refractivity contribution >= 4 is 6.29 Å². The summed E-state index contributed by atoms with van der Waals surface area (Å²) in [6.07, 6.45) is 3.44. The molecule has 2 heteroatoms. The van der Waals surface area contributed by atoms with E-state index in [1.54, 1.807) is 26.2 Å². The second-order valence-electron chi connectivity index (χ2n) is 1.07. The van der Waals surface area contributed by atoms with Crippen LogP contribution in [0.25, 0.3) is 0 Å². The molecule has 0 aromatic carbocycles. The van der Waals surface area contributed by atoms with Gasteiger partial charge in [0.2, 0.25) is 0 Å². The molecule has 0 spiro atoms. The Morgan fingerprint density at radius 3 is 2.14 bits per heavy atom. The molecule has 0 atom stereocenters. The maximum Gasteiger partial charge on any atom is 2.00 e. The Kier molecular flexibility index (Phi) is 8.85. The van der Waals surface area contributed by atoms with Crippen LogP contribution in [0.5, 0.6) is 0 Å². The molecule has 0 aliphatic carbocycles. The fraction of sp³-hybridized carbons (Fsp3) is 0.400. The number of allylic oxidation sites excluding steroid dienone is 2. The van der Waals surface area contributed by atoms with Crippen LogP contribution < -0.4 is 0 Å². The number of rotatable bonds is 1. The summed E-state index contributed by atoms with van der Waals surface area (Å²) >= 11 is 0. The molecular formula is C5H7OW+. The maximum atomic E-state index is 9.54. The van der Waals surface area contributed by atoms with E-state index in [0.717, 1.165) is 0 Å². The van der Waals surface area contributed by atoms with Crippen molar-refractivity contribution in [2.24, 2.45) is 0 Å². The molecule has 1 nitrogen and oxygen atoms in total. The zero-order valence-corrected chi connectivity index (χ0v) is 7.33. The van der Waals surface area contributed by atoms with Crippen LogP contribution in [0.1, 0.15) is 13.8 Å². The Hall–Kier alpha value is 0.0983. The minimum atomic E-state index is 0. The van der Waals surface area contributed by atoms with Crippen LogP contribution in [0.3, 0.4) is 0 Å². The van der Waals surface area contributed by atoms with E-state index in [9.17, 15) is 4.79 Å². The molecule has 0 bridgehead atoms. The number of carbonyl (C=O) groups excluding carboxylic acids is 1. The second-order valence-corrected chi connectivity index (χ2v) is 1.07. The first-order valence-electron chi connectivity index (χ1n) is 1.82. The Balaban J connectivity index is 0. The van der Waals surface area contributed by atoms with Gasteiger partial charge in [-0.1, -0.05) is 6.92 Å². The van der Waals surface area contributed by atoms with Crippen molar-refractivity contribution in [1.82, 2.24) is 0 Å². The van der Waals surface area contributed by atoms with Crippen LogP contribution in [-0.4, -0.2) is 6.29 Å². The van der Waals surface area contributed by atoms with E-state index in [1.807, 2.05) is 0 Å². The molecule has 0 N–H and O–H groups in total. The fourth-order valence-corrected chi connectivity index (χ4v) is 0.0589. The average Bonchev–Trinajstić information content (AvgIpc) is 1.65. The second kappa shape index (κ2) is 6.10. The molecule has 0 radical (unpaired) electrons. The van der Waals surface area contributed by atoms with Crippen LogP contribution in [-0.2, 0) is 25.9 Å². The third-order valence-electron chi connectivity index (χ3n) is 0.594. The van der Waals surface area contributed by atoms with Gasteiger partial charge in [-0.15, -0.1) is 6.92 Å². The van der Waals surface area contributed by atoms with Gasteiger partial charge in [-0.25, -0.2) is 6.08 Å². The molecule has 0 saturated carbocycles. The van der Waals surface area contributed by atoms with Crippen LogP contribution in [0, 0.1) is 0 Å². The van der Waals surface area contributed by atoms with Gasteiger partial charge in [0.1, 0.15) is 0 Å². The van der Waals surface area contributed by atoms with E-state index in [-0.39, 0.29) is 21.1 Å². The molecule has 0 saturated heterocycles. The molecule has 0 amide bonds. The predicted molar refractivity (Wildman–Crippen MR) is 25.1 cm³/mol. The van der Waals surface area contributed by atoms with Crippen LogP contribution in [0.15, 0.2) is 11.6 Å². The summed E-state index contributed by atoms with van der Waals surface area (Å²) in [5, 5.41) is 0. The number of hydrogen-bond acceptors (Lipinski definition) is 1. The van der Waals surface area contributed by atoms with Crippen molar-refractivity contribution in [3.63, 3.8) is 0 Å². The van der Waals surface area contributed by atoms with E-state index in [2.05, 4.69) is 0 Å². The van der Waals surface area contributed by atoms with Crippen LogP contribution in [0.4, 0.5) is 0 Å². The van der Waals surface area contributed by atoms with Gasteiger partial charge in [0.25, 0.3) is 0 Å². The zero-order valence-electron chi connectivity index (χ0n) is 4.39. The summed E-state index contributed by atoms with van der Waals surface area (Å²) in [6, 6.07) is 0. The third-order valence-corrected chi connectivity index (χ3v) is 0.594. The van der Waals surface area contributed by atoms with Crippen molar-refractivity contribution in [3.05, 3.63) is 11.6 Å². The molecular weight excluding hydrogens is 260 g/mol. The monoisotopic (exact) mass is 267 g/mol. The molecule has 0 aliphatic rings. The summed E-state index contributed by atoms with van der Waals surface area (Å²) in [4.78, 5) is 9.54. The van der Waals surface area contributed by atoms with Gasteiger partial charge in [0.15, 0.2) is 0 Å². The van der Waals surface area contributed by atoms with Gasteiger partial charge in [-0.3, -0.25) is 0 Å². The van der Waals surface area contributed by atoms with Crippen molar-refractivity contribution in [1.29, 1.82) is 0 Å². The molecule has 0 fully saturated rings. The Morgan fingerprint density at radius 2 is 2.14 bits per heavy atom. The first kappa shape index (κ1) is 10.2. The van der Waals surface area contributed by atoms with Gasteiger partial charge < -0.3 is 4.79 Å². The summed E-state index contributed by atoms with van der Waals surface area (Å²) in [6.45, 7) is 3.52. The summed E-state index contributed by atoms with van der Waals surface area (Å²) in [7, 11) is 0. The van der Waals surface area contributed by atoms with E-state index in [1.165, 1.54) is 0 Å². The smallest absolute Gasteiger partial charge is 0.419 e. The summed E-state index contributed by atoms with van der Waals surface area (Å²) < 4.78 is 0. The Bertz CT molecular complexity index is 76.1. The van der Waals surface area contributed by atoms with E-state index in [4.69, 9.17) is 0 Å². The topological polar surface area (TPSA) is 17.1 Å². The zero-order chi connectivity index (χ0) is 4.99. The van der Waals surface area contributed by atoms with Gasteiger partial charge >= 0.3 is 21.1 Å². The van der Waals surface area contributed by atoms with Crippen molar-refractivity contribution in [2.75, 3.05) is 0 Å². The molecule has 7 heavy (non-hydrogen) atoms.